The average Bonchev–Trinajstić information content (AvgIpc) is 2.76. The van der Waals surface area contributed by atoms with Crippen molar-refractivity contribution in [3.63, 3.8) is 0 Å². The van der Waals surface area contributed by atoms with Crippen LogP contribution in [0.25, 0.3) is 0 Å². The minimum absolute atomic E-state index is 0.225. The second-order valence-electron chi connectivity index (χ2n) is 6.83. The first-order valence-corrected chi connectivity index (χ1v) is 9.27. The molecule has 0 atom stereocenters. The molecule has 3 aromatic carbocycles. The average molecular weight is 416 g/mol. The number of primary amides is 2. The van der Waals surface area contributed by atoms with Gasteiger partial charge in [0.05, 0.1) is 0 Å². The Labute approximate surface area is 178 Å². The maximum absolute atomic E-state index is 12.6. The molecule has 0 bridgehead atoms. The van der Waals surface area contributed by atoms with Crippen molar-refractivity contribution in [2.45, 2.75) is 6.92 Å². The summed E-state index contributed by atoms with van der Waals surface area (Å²) in [5.74, 6) is -2.12. The highest BCUT2D eigenvalue weighted by Crippen LogP contribution is 2.22. The van der Waals surface area contributed by atoms with Crippen LogP contribution in [-0.4, -0.2) is 23.6 Å². The van der Waals surface area contributed by atoms with E-state index in [1.165, 1.54) is 24.3 Å². The first-order valence-electron chi connectivity index (χ1n) is 9.27. The molecule has 31 heavy (non-hydrogen) atoms. The number of hydrogen-bond donors (Lipinski definition) is 4. The first kappa shape index (κ1) is 21.3. The third-order valence-electron chi connectivity index (χ3n) is 4.56. The number of amides is 4. The standard InChI is InChI=1S/C23H20N4O4/c1-13-8-9-18(26-22(30)16-6-2-4-14(10-16)20(24)28)12-19(13)27-23(31)17-7-3-5-15(11-17)21(25)29/h2-12H,1H3,(H2,24,28)(H2,25,29)(H,26,30)(H,27,31). The van der Waals surface area contributed by atoms with Crippen LogP contribution in [0, 0.1) is 6.92 Å². The van der Waals surface area contributed by atoms with Gasteiger partial charge in [-0.15, -0.1) is 0 Å². The molecule has 0 spiro atoms. The lowest BCUT2D eigenvalue weighted by atomic mass is 10.1. The van der Waals surface area contributed by atoms with Crippen LogP contribution < -0.4 is 22.1 Å². The molecule has 4 amide bonds. The van der Waals surface area contributed by atoms with Crippen molar-refractivity contribution < 1.29 is 19.2 Å². The van der Waals surface area contributed by atoms with E-state index in [-0.39, 0.29) is 22.3 Å². The Morgan fingerprint density at radius 1 is 0.645 bits per heavy atom. The number of benzene rings is 3. The zero-order chi connectivity index (χ0) is 22.5. The number of hydrogen-bond acceptors (Lipinski definition) is 4. The summed E-state index contributed by atoms with van der Waals surface area (Å²) in [5, 5.41) is 5.49. The minimum atomic E-state index is -0.629. The fourth-order valence-electron chi connectivity index (χ4n) is 2.86. The van der Waals surface area contributed by atoms with E-state index in [0.29, 0.717) is 11.4 Å². The second kappa shape index (κ2) is 8.91. The molecule has 3 rings (SSSR count). The predicted molar refractivity (Wildman–Crippen MR) is 117 cm³/mol. The van der Waals surface area contributed by atoms with Crippen molar-refractivity contribution in [2.75, 3.05) is 10.6 Å². The van der Waals surface area contributed by atoms with Gasteiger partial charge in [0.15, 0.2) is 0 Å². The van der Waals surface area contributed by atoms with Gasteiger partial charge in [0.25, 0.3) is 11.8 Å². The van der Waals surface area contributed by atoms with Crippen molar-refractivity contribution in [3.05, 3.63) is 94.5 Å². The first-order chi connectivity index (χ1) is 14.7. The molecule has 0 saturated heterocycles. The van der Waals surface area contributed by atoms with E-state index in [2.05, 4.69) is 10.6 Å². The van der Waals surface area contributed by atoms with Gasteiger partial charge in [-0.1, -0.05) is 18.2 Å². The highest BCUT2D eigenvalue weighted by atomic mass is 16.2. The van der Waals surface area contributed by atoms with Crippen LogP contribution in [0.2, 0.25) is 0 Å². The molecule has 0 aliphatic heterocycles. The van der Waals surface area contributed by atoms with E-state index in [0.717, 1.165) is 5.56 Å². The van der Waals surface area contributed by atoms with E-state index in [1.807, 2.05) is 0 Å². The molecule has 0 heterocycles. The Kier molecular flexibility index (Phi) is 6.11. The number of rotatable bonds is 6. The Balaban J connectivity index is 1.79. The number of carbonyl (C=O) groups is 4. The van der Waals surface area contributed by atoms with Crippen molar-refractivity contribution in [1.29, 1.82) is 0 Å². The molecule has 8 nitrogen and oxygen atoms in total. The van der Waals surface area contributed by atoms with Crippen LogP contribution in [0.4, 0.5) is 11.4 Å². The fourth-order valence-corrected chi connectivity index (χ4v) is 2.86. The Morgan fingerprint density at radius 3 is 1.65 bits per heavy atom. The van der Waals surface area contributed by atoms with Gasteiger partial charge in [-0.25, -0.2) is 0 Å². The lowest BCUT2D eigenvalue weighted by Crippen LogP contribution is -2.17. The quantitative estimate of drug-likeness (QED) is 0.489. The molecule has 0 unspecified atom stereocenters. The number of nitrogens with one attached hydrogen (secondary N) is 2. The molecule has 6 N–H and O–H groups in total. The van der Waals surface area contributed by atoms with Crippen LogP contribution in [0.15, 0.2) is 66.7 Å². The molecule has 0 radical (unpaired) electrons. The second-order valence-corrected chi connectivity index (χ2v) is 6.83. The van der Waals surface area contributed by atoms with Gasteiger partial charge >= 0.3 is 0 Å². The van der Waals surface area contributed by atoms with E-state index in [9.17, 15) is 19.2 Å². The number of nitrogens with two attached hydrogens (primary N) is 2. The van der Waals surface area contributed by atoms with Gasteiger partial charge in [0, 0.05) is 33.6 Å². The summed E-state index contributed by atoms with van der Waals surface area (Å²) in [4.78, 5) is 47.8. The Bertz CT molecular complexity index is 1200. The smallest absolute Gasteiger partial charge is 0.255 e. The molecule has 3 aromatic rings. The summed E-state index contributed by atoms with van der Waals surface area (Å²) < 4.78 is 0. The van der Waals surface area contributed by atoms with Crippen LogP contribution in [-0.2, 0) is 0 Å². The summed E-state index contributed by atoms with van der Waals surface area (Å²) in [5.41, 5.74) is 13.2. The molecule has 0 aliphatic carbocycles. The van der Waals surface area contributed by atoms with E-state index in [4.69, 9.17) is 11.5 Å². The van der Waals surface area contributed by atoms with Crippen LogP contribution >= 0.6 is 0 Å². The lowest BCUT2D eigenvalue weighted by Gasteiger charge is -2.12. The van der Waals surface area contributed by atoms with Gasteiger partial charge < -0.3 is 22.1 Å². The zero-order valence-electron chi connectivity index (χ0n) is 16.6. The van der Waals surface area contributed by atoms with Crippen molar-refractivity contribution in [3.8, 4) is 0 Å². The Hall–Kier alpha value is -4.46. The molecule has 0 aromatic heterocycles. The summed E-state index contributed by atoms with van der Waals surface area (Å²) >= 11 is 0. The van der Waals surface area contributed by atoms with Gasteiger partial charge in [0.2, 0.25) is 11.8 Å². The normalized spacial score (nSPS) is 10.2. The lowest BCUT2D eigenvalue weighted by molar-refractivity contribution is 0.0990. The van der Waals surface area contributed by atoms with E-state index in [1.54, 1.807) is 49.4 Å². The third-order valence-corrected chi connectivity index (χ3v) is 4.56. The molecular weight excluding hydrogens is 396 g/mol. The number of carbonyl (C=O) groups excluding carboxylic acids is 4. The monoisotopic (exact) mass is 416 g/mol. The van der Waals surface area contributed by atoms with E-state index < -0.39 is 23.6 Å². The maximum atomic E-state index is 12.6. The van der Waals surface area contributed by atoms with Gasteiger partial charge in [-0.2, -0.15) is 0 Å². The summed E-state index contributed by atoms with van der Waals surface area (Å²) in [6, 6.07) is 17.2. The van der Waals surface area contributed by atoms with Crippen LogP contribution in [0.5, 0.6) is 0 Å². The molecule has 0 fully saturated rings. The SMILES string of the molecule is Cc1ccc(NC(=O)c2cccc(C(N)=O)c2)cc1NC(=O)c1cccc(C(N)=O)c1. The van der Waals surface area contributed by atoms with Crippen LogP contribution in [0.3, 0.4) is 0 Å². The maximum Gasteiger partial charge on any atom is 0.255 e. The molecule has 0 aliphatic rings. The van der Waals surface area contributed by atoms with E-state index >= 15 is 0 Å². The van der Waals surface area contributed by atoms with Crippen molar-refractivity contribution in [2.24, 2.45) is 11.5 Å². The highest BCUT2D eigenvalue weighted by Gasteiger charge is 2.13. The van der Waals surface area contributed by atoms with Gasteiger partial charge in [-0.3, -0.25) is 19.2 Å². The third kappa shape index (κ3) is 5.13. The Morgan fingerprint density at radius 2 is 1.13 bits per heavy atom. The fraction of sp³-hybridized carbons (Fsp3) is 0.0435. The van der Waals surface area contributed by atoms with Crippen LogP contribution in [0.1, 0.15) is 47.0 Å². The largest absolute Gasteiger partial charge is 0.366 e. The van der Waals surface area contributed by atoms with Gasteiger partial charge in [-0.05, 0) is 61.0 Å². The minimum Gasteiger partial charge on any atom is -0.366 e. The van der Waals surface area contributed by atoms with Crippen molar-refractivity contribution >= 4 is 35.0 Å². The highest BCUT2D eigenvalue weighted by molar-refractivity contribution is 6.08. The number of aryl methyl sites for hydroxylation is 1. The molecule has 8 heteroatoms. The van der Waals surface area contributed by atoms with Gasteiger partial charge in [0.1, 0.15) is 0 Å². The summed E-state index contributed by atoms with van der Waals surface area (Å²) in [6.07, 6.45) is 0. The zero-order valence-corrected chi connectivity index (χ0v) is 16.6. The summed E-state index contributed by atoms with van der Waals surface area (Å²) in [6.45, 7) is 1.80. The molecule has 0 saturated carbocycles. The topological polar surface area (TPSA) is 144 Å². The number of anilines is 2. The molecular formula is C23H20N4O4. The molecule has 156 valence electrons. The van der Waals surface area contributed by atoms with Crippen molar-refractivity contribution in [1.82, 2.24) is 0 Å². The summed E-state index contributed by atoms with van der Waals surface area (Å²) in [7, 11) is 0. The predicted octanol–water partition coefficient (Wildman–Crippen LogP) is 2.70.